The molecule has 6 heteroatoms. The molecule has 2 aromatic carbocycles. The van der Waals surface area contributed by atoms with Crippen molar-refractivity contribution in [3.8, 4) is 41.1 Å². The Balaban J connectivity index is 2.69. The molecule has 2 aromatic rings. The molecule has 0 aliphatic heterocycles. The summed E-state index contributed by atoms with van der Waals surface area (Å²) < 4.78 is 26.5. The normalized spacial score (nSPS) is 12.5. The number of ether oxygens (including phenoxy) is 5. The van der Waals surface area contributed by atoms with Gasteiger partial charge in [-0.3, -0.25) is 0 Å². The van der Waals surface area contributed by atoms with Gasteiger partial charge in [-0.05, 0) is 24.3 Å². The van der Waals surface area contributed by atoms with Gasteiger partial charge in [-0.1, -0.05) is 12.0 Å². The molecule has 0 heterocycles. The Hall–Kier alpha value is -3.04. The Bertz CT molecular complexity index is 799. The van der Waals surface area contributed by atoms with E-state index in [9.17, 15) is 5.11 Å². The maximum absolute atomic E-state index is 11.3. The fourth-order valence-corrected chi connectivity index (χ4v) is 2.68. The average Bonchev–Trinajstić information content (AvgIpc) is 2.71. The Morgan fingerprint density at radius 2 is 1.23 bits per heavy atom. The molecule has 1 atom stereocenters. The molecular weight excluding hydrogens is 336 g/mol. The topological polar surface area (TPSA) is 66.4 Å². The average molecular weight is 358 g/mol. The van der Waals surface area contributed by atoms with Crippen LogP contribution in [0.15, 0.2) is 30.3 Å². The summed E-state index contributed by atoms with van der Waals surface area (Å²) in [4.78, 5) is 0. The van der Waals surface area contributed by atoms with Crippen LogP contribution < -0.4 is 23.7 Å². The molecule has 0 bridgehead atoms. The van der Waals surface area contributed by atoms with E-state index in [1.807, 2.05) is 0 Å². The third kappa shape index (κ3) is 3.22. The van der Waals surface area contributed by atoms with Crippen LogP contribution >= 0.6 is 0 Å². The fraction of sp³-hybridized carbons (Fsp3) is 0.300. The first kappa shape index (κ1) is 19.3. The first-order chi connectivity index (χ1) is 12.5. The standard InChI is InChI=1S/C20H22O6/c1-7-20(21,13-8-9-15(22-2)16(10-13)23-3)14-11-17(24-4)19(26-6)18(12-14)25-5/h1,8-12,21H,2-6H3. The van der Waals surface area contributed by atoms with E-state index in [-0.39, 0.29) is 0 Å². The van der Waals surface area contributed by atoms with Crippen molar-refractivity contribution in [1.29, 1.82) is 0 Å². The van der Waals surface area contributed by atoms with Gasteiger partial charge in [0, 0.05) is 11.1 Å². The summed E-state index contributed by atoms with van der Waals surface area (Å²) in [5, 5.41) is 11.3. The molecule has 26 heavy (non-hydrogen) atoms. The van der Waals surface area contributed by atoms with Gasteiger partial charge in [-0.15, -0.1) is 6.42 Å². The van der Waals surface area contributed by atoms with E-state index in [1.165, 1.54) is 35.5 Å². The molecule has 0 aliphatic carbocycles. The van der Waals surface area contributed by atoms with Gasteiger partial charge in [-0.25, -0.2) is 0 Å². The highest BCUT2D eigenvalue weighted by Crippen LogP contribution is 2.43. The lowest BCUT2D eigenvalue weighted by Gasteiger charge is -2.26. The number of aliphatic hydroxyl groups is 1. The highest BCUT2D eigenvalue weighted by atomic mass is 16.5. The minimum Gasteiger partial charge on any atom is -0.493 e. The van der Waals surface area contributed by atoms with Crippen LogP contribution in [-0.2, 0) is 5.60 Å². The monoisotopic (exact) mass is 358 g/mol. The van der Waals surface area contributed by atoms with Gasteiger partial charge in [-0.2, -0.15) is 0 Å². The quantitative estimate of drug-likeness (QED) is 0.768. The summed E-state index contributed by atoms with van der Waals surface area (Å²) in [6, 6.07) is 8.19. The van der Waals surface area contributed by atoms with Gasteiger partial charge >= 0.3 is 0 Å². The molecule has 0 saturated heterocycles. The number of rotatable bonds is 7. The predicted octanol–water partition coefficient (Wildman–Crippen LogP) is 2.60. The molecule has 0 fully saturated rings. The minimum atomic E-state index is -1.74. The molecule has 1 N–H and O–H groups in total. The Morgan fingerprint density at radius 3 is 1.65 bits per heavy atom. The smallest absolute Gasteiger partial charge is 0.203 e. The summed E-state index contributed by atoms with van der Waals surface area (Å²) in [6.07, 6.45) is 5.70. The number of hydrogen-bond donors (Lipinski definition) is 1. The highest BCUT2D eigenvalue weighted by Gasteiger charge is 2.33. The molecule has 1 unspecified atom stereocenters. The molecule has 0 aromatic heterocycles. The van der Waals surface area contributed by atoms with E-state index in [4.69, 9.17) is 30.1 Å². The van der Waals surface area contributed by atoms with Gasteiger partial charge in [0.15, 0.2) is 28.6 Å². The number of terminal acetylenes is 1. The second-order valence-electron chi connectivity index (χ2n) is 5.34. The van der Waals surface area contributed by atoms with Crippen molar-refractivity contribution in [3.05, 3.63) is 41.5 Å². The van der Waals surface area contributed by atoms with Crippen LogP contribution in [-0.4, -0.2) is 40.7 Å². The second kappa shape index (κ2) is 7.89. The number of methoxy groups -OCH3 is 5. The van der Waals surface area contributed by atoms with Gasteiger partial charge in [0.25, 0.3) is 0 Å². The molecule has 0 saturated carbocycles. The molecular formula is C20H22O6. The molecule has 0 radical (unpaired) electrons. The van der Waals surface area contributed by atoms with Crippen LogP contribution in [0.3, 0.4) is 0 Å². The SMILES string of the molecule is C#CC(O)(c1ccc(OC)c(OC)c1)c1cc(OC)c(OC)c(OC)c1. The maximum Gasteiger partial charge on any atom is 0.203 e. The van der Waals surface area contributed by atoms with E-state index in [1.54, 1.807) is 30.3 Å². The molecule has 0 spiro atoms. The first-order valence-electron chi connectivity index (χ1n) is 7.72. The third-order valence-electron chi connectivity index (χ3n) is 4.09. The third-order valence-corrected chi connectivity index (χ3v) is 4.09. The van der Waals surface area contributed by atoms with E-state index < -0.39 is 5.60 Å². The fourth-order valence-electron chi connectivity index (χ4n) is 2.68. The van der Waals surface area contributed by atoms with Gasteiger partial charge in [0.2, 0.25) is 5.75 Å². The predicted molar refractivity (Wildman–Crippen MR) is 97.5 cm³/mol. The number of hydrogen-bond acceptors (Lipinski definition) is 6. The van der Waals surface area contributed by atoms with Gasteiger partial charge in [0.1, 0.15) is 0 Å². The second-order valence-corrected chi connectivity index (χ2v) is 5.34. The summed E-state index contributed by atoms with van der Waals surface area (Å²) in [6.45, 7) is 0. The molecule has 2 rings (SSSR count). The molecule has 6 nitrogen and oxygen atoms in total. The van der Waals surface area contributed by atoms with Crippen LogP contribution in [0, 0.1) is 12.3 Å². The van der Waals surface area contributed by atoms with Crippen LogP contribution in [0.4, 0.5) is 0 Å². The zero-order chi connectivity index (χ0) is 19.3. The summed E-state index contributed by atoms with van der Waals surface area (Å²) in [5.74, 6) is 4.60. The van der Waals surface area contributed by atoms with Gasteiger partial charge < -0.3 is 28.8 Å². The van der Waals surface area contributed by atoms with Crippen LogP contribution in [0.25, 0.3) is 0 Å². The van der Waals surface area contributed by atoms with Crippen molar-refractivity contribution in [2.75, 3.05) is 35.5 Å². The molecule has 0 aliphatic rings. The van der Waals surface area contributed by atoms with E-state index in [0.29, 0.717) is 39.9 Å². The Kier molecular flexibility index (Phi) is 5.86. The van der Waals surface area contributed by atoms with E-state index in [0.717, 1.165) is 0 Å². The van der Waals surface area contributed by atoms with Crippen molar-refractivity contribution < 1.29 is 28.8 Å². The van der Waals surface area contributed by atoms with Crippen molar-refractivity contribution in [1.82, 2.24) is 0 Å². The zero-order valence-corrected chi connectivity index (χ0v) is 15.5. The van der Waals surface area contributed by atoms with Crippen molar-refractivity contribution >= 4 is 0 Å². The first-order valence-corrected chi connectivity index (χ1v) is 7.72. The highest BCUT2D eigenvalue weighted by molar-refractivity contribution is 5.59. The Morgan fingerprint density at radius 1 is 0.731 bits per heavy atom. The van der Waals surface area contributed by atoms with E-state index in [2.05, 4.69) is 5.92 Å². The lowest BCUT2D eigenvalue weighted by Crippen LogP contribution is -2.25. The lowest BCUT2D eigenvalue weighted by atomic mass is 9.86. The van der Waals surface area contributed by atoms with Crippen LogP contribution in [0.1, 0.15) is 11.1 Å². The van der Waals surface area contributed by atoms with Crippen LogP contribution in [0.2, 0.25) is 0 Å². The maximum atomic E-state index is 11.3. The van der Waals surface area contributed by atoms with Crippen LogP contribution in [0.5, 0.6) is 28.7 Å². The largest absolute Gasteiger partial charge is 0.493 e. The zero-order valence-electron chi connectivity index (χ0n) is 15.5. The van der Waals surface area contributed by atoms with E-state index >= 15 is 0 Å². The van der Waals surface area contributed by atoms with Crippen molar-refractivity contribution in [3.63, 3.8) is 0 Å². The summed E-state index contributed by atoms with van der Waals surface area (Å²) >= 11 is 0. The molecule has 0 amide bonds. The summed E-state index contributed by atoms with van der Waals surface area (Å²) in [5.41, 5.74) is -0.916. The molecule has 138 valence electrons. The van der Waals surface area contributed by atoms with Gasteiger partial charge in [0.05, 0.1) is 35.5 Å². The van der Waals surface area contributed by atoms with Crippen molar-refractivity contribution in [2.45, 2.75) is 5.60 Å². The Labute approximate surface area is 153 Å². The minimum absolute atomic E-state index is 0.385. The lowest BCUT2D eigenvalue weighted by molar-refractivity contribution is 0.144. The summed E-state index contributed by atoms with van der Waals surface area (Å²) in [7, 11) is 7.53. The van der Waals surface area contributed by atoms with Crippen molar-refractivity contribution in [2.24, 2.45) is 0 Å². The number of benzene rings is 2.